The number of hydrogen-bond acceptors (Lipinski definition) is 3. The van der Waals surface area contributed by atoms with Crippen molar-refractivity contribution in [3.63, 3.8) is 0 Å². The second-order valence-corrected chi connectivity index (χ2v) is 6.29. The maximum absolute atomic E-state index is 13.0. The van der Waals surface area contributed by atoms with Crippen LogP contribution in [0.25, 0.3) is 0 Å². The molecule has 24 heavy (non-hydrogen) atoms. The fourth-order valence-corrected chi connectivity index (χ4v) is 2.95. The Hall–Kier alpha value is -2.27. The molecule has 2 aromatic rings. The molecule has 0 unspecified atom stereocenters. The Bertz CT molecular complexity index is 702. The van der Waals surface area contributed by atoms with E-state index in [1.165, 1.54) is 12.1 Å². The van der Waals surface area contributed by atoms with Gasteiger partial charge in [0.15, 0.2) is 0 Å². The van der Waals surface area contributed by atoms with E-state index in [-0.39, 0.29) is 11.7 Å². The van der Waals surface area contributed by atoms with Crippen LogP contribution < -0.4 is 0 Å². The maximum atomic E-state index is 13.0. The zero-order valence-corrected chi connectivity index (χ0v) is 13.9. The van der Waals surface area contributed by atoms with Gasteiger partial charge in [0.2, 0.25) is 0 Å². The number of amides is 1. The Morgan fingerprint density at radius 1 is 1.12 bits per heavy atom. The molecule has 0 N–H and O–H groups in total. The second kappa shape index (κ2) is 7.53. The van der Waals surface area contributed by atoms with Crippen molar-refractivity contribution in [2.75, 3.05) is 33.2 Å². The summed E-state index contributed by atoms with van der Waals surface area (Å²) in [6, 6.07) is 9.99. The van der Waals surface area contributed by atoms with E-state index in [2.05, 4.69) is 16.9 Å². The number of likely N-dealkylation sites (N-methyl/N-ethyl adjacent to an activating group) is 1. The highest BCUT2D eigenvalue weighted by Crippen LogP contribution is 2.13. The van der Waals surface area contributed by atoms with Crippen molar-refractivity contribution in [2.45, 2.75) is 12.8 Å². The van der Waals surface area contributed by atoms with Gasteiger partial charge < -0.3 is 9.80 Å². The van der Waals surface area contributed by atoms with E-state index < -0.39 is 0 Å². The lowest BCUT2D eigenvalue weighted by atomic mass is 10.1. The summed E-state index contributed by atoms with van der Waals surface area (Å²) in [5.74, 6) is -0.185. The number of rotatable bonds is 3. The minimum absolute atomic E-state index is 0.0630. The van der Waals surface area contributed by atoms with Gasteiger partial charge in [0.05, 0.1) is 0 Å². The van der Waals surface area contributed by atoms with Crippen LogP contribution in [-0.2, 0) is 6.42 Å². The molecule has 0 radical (unpaired) electrons. The molecular formula is C19H22FN3O. The van der Waals surface area contributed by atoms with Gasteiger partial charge in [-0.2, -0.15) is 0 Å². The van der Waals surface area contributed by atoms with Crippen LogP contribution in [0.2, 0.25) is 0 Å². The molecule has 0 saturated carbocycles. The Balaban J connectivity index is 1.72. The average Bonchev–Trinajstić information content (AvgIpc) is 2.81. The van der Waals surface area contributed by atoms with Gasteiger partial charge in [0.25, 0.3) is 5.91 Å². The maximum Gasteiger partial charge on any atom is 0.254 e. The first-order valence-electron chi connectivity index (χ1n) is 8.29. The second-order valence-electron chi connectivity index (χ2n) is 6.29. The lowest BCUT2D eigenvalue weighted by Gasteiger charge is -2.20. The number of aromatic nitrogens is 1. The molecule has 2 heterocycles. The fraction of sp³-hybridized carbons (Fsp3) is 0.368. The summed E-state index contributed by atoms with van der Waals surface area (Å²) in [4.78, 5) is 21.2. The first-order chi connectivity index (χ1) is 11.6. The minimum atomic E-state index is -0.248. The average molecular weight is 327 g/mol. The Kier molecular flexibility index (Phi) is 5.20. The third kappa shape index (κ3) is 4.17. The number of hydrogen-bond donors (Lipinski definition) is 0. The van der Waals surface area contributed by atoms with E-state index in [0.717, 1.165) is 43.9 Å². The normalized spacial score (nSPS) is 16.0. The van der Waals surface area contributed by atoms with Gasteiger partial charge in [-0.25, -0.2) is 4.39 Å². The molecule has 0 atom stereocenters. The smallest absolute Gasteiger partial charge is 0.254 e. The van der Waals surface area contributed by atoms with Crippen molar-refractivity contribution in [3.8, 4) is 0 Å². The predicted molar refractivity (Wildman–Crippen MR) is 91.5 cm³/mol. The third-order valence-corrected chi connectivity index (χ3v) is 4.37. The van der Waals surface area contributed by atoms with E-state index in [9.17, 15) is 9.18 Å². The molecule has 1 saturated heterocycles. The molecule has 1 aliphatic heterocycles. The third-order valence-electron chi connectivity index (χ3n) is 4.37. The fourth-order valence-electron chi connectivity index (χ4n) is 2.95. The molecule has 1 aliphatic rings. The summed E-state index contributed by atoms with van der Waals surface area (Å²) in [7, 11) is 2.08. The van der Waals surface area contributed by atoms with Crippen LogP contribution in [0, 0.1) is 5.82 Å². The van der Waals surface area contributed by atoms with E-state index in [1.807, 2.05) is 11.0 Å². The first-order valence-corrected chi connectivity index (χ1v) is 8.29. The molecule has 5 heteroatoms. The highest BCUT2D eigenvalue weighted by atomic mass is 19.1. The first kappa shape index (κ1) is 16.6. The van der Waals surface area contributed by atoms with Gasteiger partial charge in [0.1, 0.15) is 5.82 Å². The molecule has 3 rings (SSSR count). The van der Waals surface area contributed by atoms with Crippen molar-refractivity contribution in [2.24, 2.45) is 0 Å². The lowest BCUT2D eigenvalue weighted by Crippen LogP contribution is -2.34. The van der Waals surface area contributed by atoms with Gasteiger partial charge in [-0.05, 0) is 49.8 Å². The highest BCUT2D eigenvalue weighted by molar-refractivity contribution is 5.94. The molecule has 126 valence electrons. The van der Waals surface area contributed by atoms with Crippen molar-refractivity contribution in [1.29, 1.82) is 0 Å². The molecule has 0 bridgehead atoms. The van der Waals surface area contributed by atoms with Crippen molar-refractivity contribution in [3.05, 3.63) is 65.2 Å². The molecule has 1 aromatic heterocycles. The number of carbonyl (C=O) groups is 1. The molecule has 1 amide bonds. The van der Waals surface area contributed by atoms with Crippen molar-refractivity contribution < 1.29 is 9.18 Å². The number of pyridine rings is 1. The lowest BCUT2D eigenvalue weighted by molar-refractivity contribution is 0.0762. The van der Waals surface area contributed by atoms with Crippen molar-refractivity contribution >= 4 is 5.91 Å². The highest BCUT2D eigenvalue weighted by Gasteiger charge is 2.19. The predicted octanol–water partition coefficient (Wildman–Crippen LogP) is 2.59. The zero-order chi connectivity index (χ0) is 16.9. The standard InChI is InChI=1S/C19H22FN3O/c1-22-9-2-10-23(12-11-22)19(24)16-7-8-21-18(14-16)13-15-3-5-17(20)6-4-15/h3-8,14H,2,9-13H2,1H3. The molecule has 1 aromatic carbocycles. The van der Waals surface area contributed by atoms with Gasteiger partial charge >= 0.3 is 0 Å². The molecule has 0 spiro atoms. The molecule has 1 fully saturated rings. The van der Waals surface area contributed by atoms with E-state index in [0.29, 0.717) is 12.0 Å². The van der Waals surface area contributed by atoms with Crippen molar-refractivity contribution in [1.82, 2.24) is 14.8 Å². The Morgan fingerprint density at radius 2 is 1.92 bits per heavy atom. The summed E-state index contributed by atoms with van der Waals surface area (Å²) in [5, 5.41) is 0. The van der Waals surface area contributed by atoms with Gasteiger partial charge in [-0.1, -0.05) is 12.1 Å². The van der Waals surface area contributed by atoms with Crippen LogP contribution in [-0.4, -0.2) is 53.9 Å². The molecule has 0 aliphatic carbocycles. The molecule has 4 nitrogen and oxygen atoms in total. The minimum Gasteiger partial charge on any atom is -0.337 e. The SMILES string of the molecule is CN1CCCN(C(=O)c2ccnc(Cc3ccc(F)cc3)c2)CC1. The number of benzene rings is 1. The van der Waals surface area contributed by atoms with Gasteiger partial charge in [-0.3, -0.25) is 9.78 Å². The quantitative estimate of drug-likeness (QED) is 0.869. The van der Waals surface area contributed by atoms with E-state index in [4.69, 9.17) is 0 Å². The van der Waals surface area contributed by atoms with Gasteiger partial charge in [0, 0.05) is 43.5 Å². The summed E-state index contributed by atoms with van der Waals surface area (Å²) < 4.78 is 13.0. The summed E-state index contributed by atoms with van der Waals surface area (Å²) in [5.41, 5.74) is 2.47. The summed E-state index contributed by atoms with van der Waals surface area (Å²) in [6.07, 6.45) is 3.26. The van der Waals surface area contributed by atoms with Crippen LogP contribution in [0.5, 0.6) is 0 Å². The van der Waals surface area contributed by atoms with Crippen LogP contribution in [0.4, 0.5) is 4.39 Å². The van der Waals surface area contributed by atoms with Crippen LogP contribution in [0.1, 0.15) is 28.0 Å². The number of nitrogens with zero attached hydrogens (tertiary/aromatic N) is 3. The van der Waals surface area contributed by atoms with Crippen LogP contribution in [0.3, 0.4) is 0 Å². The summed E-state index contributed by atoms with van der Waals surface area (Å²) >= 11 is 0. The monoisotopic (exact) mass is 327 g/mol. The topological polar surface area (TPSA) is 36.4 Å². The largest absolute Gasteiger partial charge is 0.337 e. The van der Waals surface area contributed by atoms with E-state index in [1.54, 1.807) is 24.4 Å². The molecular weight excluding hydrogens is 305 g/mol. The zero-order valence-electron chi connectivity index (χ0n) is 13.9. The van der Waals surface area contributed by atoms with E-state index >= 15 is 0 Å². The Labute approximate surface area is 141 Å². The summed E-state index contributed by atoms with van der Waals surface area (Å²) in [6.45, 7) is 3.47. The van der Waals surface area contributed by atoms with Crippen LogP contribution in [0.15, 0.2) is 42.6 Å². The number of carbonyl (C=O) groups excluding carboxylic acids is 1. The van der Waals surface area contributed by atoms with Gasteiger partial charge in [-0.15, -0.1) is 0 Å². The Morgan fingerprint density at radius 3 is 2.71 bits per heavy atom. The van der Waals surface area contributed by atoms with Crippen LogP contribution >= 0.6 is 0 Å². The number of halogens is 1.